The standard InChI is InChI=1S/C13H28N2/c1-6-12(4)11-13(14-5)9-10-15(7-2)8-3/h13-14H,4,6-11H2,1-3,5H3. The van der Waals surface area contributed by atoms with E-state index in [0.717, 1.165) is 25.9 Å². The van der Waals surface area contributed by atoms with Crippen LogP contribution in [0.15, 0.2) is 12.2 Å². The van der Waals surface area contributed by atoms with Crippen molar-refractivity contribution >= 4 is 0 Å². The molecule has 0 aliphatic heterocycles. The Labute approximate surface area is 95.7 Å². The third kappa shape index (κ3) is 6.69. The molecular formula is C13H28N2. The molecule has 0 aromatic heterocycles. The first-order chi connectivity index (χ1) is 7.17. The van der Waals surface area contributed by atoms with Crippen LogP contribution in [0, 0.1) is 0 Å². The van der Waals surface area contributed by atoms with Gasteiger partial charge in [-0.2, -0.15) is 0 Å². The highest BCUT2D eigenvalue weighted by atomic mass is 15.1. The fraction of sp³-hybridized carbons (Fsp3) is 0.846. The van der Waals surface area contributed by atoms with Crippen LogP contribution in [0.1, 0.15) is 40.0 Å². The number of rotatable bonds is 9. The van der Waals surface area contributed by atoms with Gasteiger partial charge in [0.2, 0.25) is 0 Å². The molecule has 0 bridgehead atoms. The van der Waals surface area contributed by atoms with Gasteiger partial charge in [-0.1, -0.05) is 32.9 Å². The quantitative estimate of drug-likeness (QED) is 0.591. The molecule has 15 heavy (non-hydrogen) atoms. The number of nitrogens with one attached hydrogen (secondary N) is 1. The molecule has 0 aromatic carbocycles. The van der Waals surface area contributed by atoms with E-state index in [-0.39, 0.29) is 0 Å². The number of nitrogens with zero attached hydrogens (tertiary/aromatic N) is 1. The van der Waals surface area contributed by atoms with Crippen molar-refractivity contribution in [3.8, 4) is 0 Å². The zero-order valence-corrected chi connectivity index (χ0v) is 11.0. The highest BCUT2D eigenvalue weighted by Crippen LogP contribution is 2.10. The van der Waals surface area contributed by atoms with Crippen LogP contribution in [0.5, 0.6) is 0 Å². The van der Waals surface area contributed by atoms with Crippen LogP contribution in [0.25, 0.3) is 0 Å². The van der Waals surface area contributed by atoms with Crippen LogP contribution >= 0.6 is 0 Å². The van der Waals surface area contributed by atoms with Gasteiger partial charge < -0.3 is 10.2 Å². The van der Waals surface area contributed by atoms with Crippen molar-refractivity contribution in [2.45, 2.75) is 46.1 Å². The molecule has 2 nitrogen and oxygen atoms in total. The molecule has 0 heterocycles. The minimum Gasteiger partial charge on any atom is -0.317 e. The normalized spacial score (nSPS) is 13.1. The monoisotopic (exact) mass is 212 g/mol. The van der Waals surface area contributed by atoms with Gasteiger partial charge in [-0.3, -0.25) is 0 Å². The molecule has 0 aliphatic rings. The van der Waals surface area contributed by atoms with Crippen LogP contribution in [0.4, 0.5) is 0 Å². The molecule has 1 unspecified atom stereocenters. The molecule has 0 rings (SSSR count). The minimum absolute atomic E-state index is 0.595. The van der Waals surface area contributed by atoms with Crippen molar-refractivity contribution in [1.29, 1.82) is 0 Å². The fourth-order valence-corrected chi connectivity index (χ4v) is 1.72. The molecule has 2 heteroatoms. The Morgan fingerprint density at radius 2 is 1.87 bits per heavy atom. The smallest absolute Gasteiger partial charge is 0.0113 e. The number of hydrogen-bond donors (Lipinski definition) is 1. The minimum atomic E-state index is 0.595. The molecule has 0 spiro atoms. The van der Waals surface area contributed by atoms with E-state index in [9.17, 15) is 0 Å². The van der Waals surface area contributed by atoms with E-state index in [1.165, 1.54) is 18.5 Å². The second-order valence-corrected chi connectivity index (χ2v) is 4.11. The summed E-state index contributed by atoms with van der Waals surface area (Å²) in [6.07, 6.45) is 3.44. The van der Waals surface area contributed by atoms with Gasteiger partial charge in [-0.05, 0) is 45.9 Å². The SMILES string of the molecule is C=C(CC)CC(CCN(CC)CC)NC. The van der Waals surface area contributed by atoms with Gasteiger partial charge in [-0.15, -0.1) is 0 Å². The van der Waals surface area contributed by atoms with E-state index in [4.69, 9.17) is 0 Å². The second-order valence-electron chi connectivity index (χ2n) is 4.11. The molecule has 1 N–H and O–H groups in total. The maximum atomic E-state index is 4.07. The maximum absolute atomic E-state index is 4.07. The first kappa shape index (κ1) is 14.7. The highest BCUT2D eigenvalue weighted by Gasteiger charge is 2.08. The van der Waals surface area contributed by atoms with Crippen LogP contribution in [-0.2, 0) is 0 Å². The van der Waals surface area contributed by atoms with E-state index >= 15 is 0 Å². The van der Waals surface area contributed by atoms with Crippen molar-refractivity contribution in [2.75, 3.05) is 26.7 Å². The topological polar surface area (TPSA) is 15.3 Å². The van der Waals surface area contributed by atoms with Gasteiger partial charge in [0.15, 0.2) is 0 Å². The first-order valence-electron chi connectivity index (χ1n) is 6.24. The Morgan fingerprint density at radius 1 is 1.27 bits per heavy atom. The van der Waals surface area contributed by atoms with E-state index in [2.05, 4.69) is 44.6 Å². The lowest BCUT2D eigenvalue weighted by Crippen LogP contribution is -2.32. The lowest BCUT2D eigenvalue weighted by Gasteiger charge is -2.22. The predicted octanol–water partition coefficient (Wildman–Crippen LogP) is 2.66. The van der Waals surface area contributed by atoms with Crippen LogP contribution in [-0.4, -0.2) is 37.6 Å². The molecule has 1 atom stereocenters. The van der Waals surface area contributed by atoms with Crippen LogP contribution in [0.3, 0.4) is 0 Å². The van der Waals surface area contributed by atoms with Crippen LogP contribution < -0.4 is 5.32 Å². The zero-order valence-electron chi connectivity index (χ0n) is 11.0. The summed E-state index contributed by atoms with van der Waals surface area (Å²) in [5.74, 6) is 0. The molecule has 90 valence electrons. The fourth-order valence-electron chi connectivity index (χ4n) is 1.72. The highest BCUT2D eigenvalue weighted by molar-refractivity contribution is 4.96. The Kier molecular flexibility index (Phi) is 8.73. The first-order valence-corrected chi connectivity index (χ1v) is 6.24. The van der Waals surface area contributed by atoms with Gasteiger partial charge in [-0.25, -0.2) is 0 Å². The number of hydrogen-bond acceptors (Lipinski definition) is 2. The van der Waals surface area contributed by atoms with Crippen molar-refractivity contribution in [2.24, 2.45) is 0 Å². The lowest BCUT2D eigenvalue weighted by molar-refractivity contribution is 0.283. The molecule has 0 saturated heterocycles. The van der Waals surface area contributed by atoms with Gasteiger partial charge >= 0.3 is 0 Å². The molecular weight excluding hydrogens is 184 g/mol. The zero-order chi connectivity index (χ0) is 11.7. The van der Waals surface area contributed by atoms with Gasteiger partial charge in [0.1, 0.15) is 0 Å². The van der Waals surface area contributed by atoms with Crippen molar-refractivity contribution in [3.63, 3.8) is 0 Å². The summed E-state index contributed by atoms with van der Waals surface area (Å²) in [5, 5.41) is 3.38. The summed E-state index contributed by atoms with van der Waals surface area (Å²) in [6.45, 7) is 14.2. The Balaban J connectivity index is 3.83. The van der Waals surface area contributed by atoms with E-state index in [0.29, 0.717) is 6.04 Å². The van der Waals surface area contributed by atoms with Gasteiger partial charge in [0.05, 0.1) is 0 Å². The molecule has 0 radical (unpaired) electrons. The average molecular weight is 212 g/mol. The van der Waals surface area contributed by atoms with E-state index < -0.39 is 0 Å². The van der Waals surface area contributed by atoms with Gasteiger partial charge in [0, 0.05) is 6.04 Å². The summed E-state index contributed by atoms with van der Waals surface area (Å²) in [5.41, 5.74) is 1.36. The van der Waals surface area contributed by atoms with E-state index in [1.54, 1.807) is 0 Å². The van der Waals surface area contributed by atoms with Crippen molar-refractivity contribution in [3.05, 3.63) is 12.2 Å². The lowest BCUT2D eigenvalue weighted by atomic mass is 10.0. The Bertz CT molecular complexity index is 162. The van der Waals surface area contributed by atoms with Crippen molar-refractivity contribution < 1.29 is 0 Å². The summed E-state index contributed by atoms with van der Waals surface area (Å²) < 4.78 is 0. The summed E-state index contributed by atoms with van der Waals surface area (Å²) >= 11 is 0. The van der Waals surface area contributed by atoms with Crippen molar-refractivity contribution in [1.82, 2.24) is 10.2 Å². The van der Waals surface area contributed by atoms with Gasteiger partial charge in [0.25, 0.3) is 0 Å². The second kappa shape index (κ2) is 8.93. The largest absolute Gasteiger partial charge is 0.317 e. The Morgan fingerprint density at radius 3 is 2.27 bits per heavy atom. The molecule has 0 fully saturated rings. The molecule has 0 aromatic rings. The average Bonchev–Trinajstić information content (AvgIpc) is 2.28. The maximum Gasteiger partial charge on any atom is 0.0113 e. The Hall–Kier alpha value is -0.340. The molecule has 0 aliphatic carbocycles. The molecule has 0 saturated carbocycles. The summed E-state index contributed by atoms with van der Waals surface area (Å²) in [4.78, 5) is 2.47. The van der Waals surface area contributed by atoms with Crippen LogP contribution in [0.2, 0.25) is 0 Å². The summed E-state index contributed by atoms with van der Waals surface area (Å²) in [7, 11) is 2.05. The third-order valence-electron chi connectivity index (χ3n) is 3.13. The molecule has 0 amide bonds. The predicted molar refractivity (Wildman–Crippen MR) is 69.3 cm³/mol. The summed E-state index contributed by atoms with van der Waals surface area (Å²) in [6, 6.07) is 0.595. The third-order valence-corrected chi connectivity index (χ3v) is 3.13. The van der Waals surface area contributed by atoms with E-state index in [1.807, 2.05) is 0 Å².